The predicted octanol–water partition coefficient (Wildman–Crippen LogP) is 3.96. The van der Waals surface area contributed by atoms with Crippen LogP contribution in [0.4, 0.5) is 0 Å². The Balaban J connectivity index is 1.70. The van der Waals surface area contributed by atoms with Gasteiger partial charge in [0.2, 0.25) is 0 Å². The standard InChI is InChI=1S/C19H25NO/c1-2-7-19(21)16-12-17-10-6-11-18(13-16)20(17)14-15-8-4-3-5-9-15/h2-5,8-9,16-18H,1,6-7,10-14H2. The van der Waals surface area contributed by atoms with Crippen molar-refractivity contribution in [3.05, 3.63) is 48.6 Å². The SMILES string of the molecule is C=CCC(=O)C1CC2CCCC(C1)N2Cc1ccccc1. The molecule has 2 atom stereocenters. The Bertz CT molecular complexity index is 482. The number of nitrogens with zero attached hydrogens (tertiary/aromatic N) is 1. The number of hydrogen-bond acceptors (Lipinski definition) is 2. The number of ketones is 1. The number of hydrogen-bond donors (Lipinski definition) is 0. The van der Waals surface area contributed by atoms with Crippen molar-refractivity contribution >= 4 is 5.78 Å². The zero-order valence-corrected chi connectivity index (χ0v) is 12.7. The molecule has 0 saturated carbocycles. The summed E-state index contributed by atoms with van der Waals surface area (Å²) in [4.78, 5) is 14.9. The van der Waals surface area contributed by atoms with E-state index in [-0.39, 0.29) is 5.92 Å². The van der Waals surface area contributed by atoms with Crippen LogP contribution in [0.5, 0.6) is 0 Å². The molecule has 2 heterocycles. The summed E-state index contributed by atoms with van der Waals surface area (Å²) in [6.45, 7) is 4.75. The molecular formula is C19H25NO. The van der Waals surface area contributed by atoms with Crippen molar-refractivity contribution in [2.24, 2.45) is 5.92 Å². The van der Waals surface area contributed by atoms with Crippen LogP contribution < -0.4 is 0 Å². The molecule has 2 aliphatic rings. The number of allylic oxidation sites excluding steroid dienone is 1. The summed E-state index contributed by atoms with van der Waals surface area (Å²) in [5.41, 5.74) is 1.39. The number of carbonyl (C=O) groups is 1. The fraction of sp³-hybridized carbons (Fsp3) is 0.526. The summed E-state index contributed by atoms with van der Waals surface area (Å²) in [6.07, 6.45) is 8.23. The monoisotopic (exact) mass is 283 g/mol. The van der Waals surface area contributed by atoms with Gasteiger partial charge in [-0.3, -0.25) is 9.69 Å². The van der Waals surface area contributed by atoms with Gasteiger partial charge in [0.15, 0.2) is 0 Å². The quantitative estimate of drug-likeness (QED) is 0.762. The van der Waals surface area contributed by atoms with Gasteiger partial charge in [-0.2, -0.15) is 0 Å². The van der Waals surface area contributed by atoms with E-state index in [1.807, 2.05) is 0 Å². The fourth-order valence-electron chi connectivity index (χ4n) is 4.10. The molecule has 0 aliphatic carbocycles. The second-order valence-electron chi connectivity index (χ2n) is 6.52. The zero-order valence-electron chi connectivity index (χ0n) is 12.7. The van der Waals surface area contributed by atoms with Crippen molar-refractivity contribution in [3.63, 3.8) is 0 Å². The molecule has 1 aromatic rings. The Morgan fingerprint density at radius 3 is 2.48 bits per heavy atom. The van der Waals surface area contributed by atoms with Crippen molar-refractivity contribution in [1.29, 1.82) is 0 Å². The van der Waals surface area contributed by atoms with E-state index >= 15 is 0 Å². The Kier molecular flexibility index (Phi) is 4.54. The van der Waals surface area contributed by atoms with Gasteiger partial charge in [0, 0.05) is 31.0 Å². The summed E-state index contributed by atoms with van der Waals surface area (Å²) >= 11 is 0. The van der Waals surface area contributed by atoms with E-state index in [4.69, 9.17) is 0 Å². The molecule has 2 saturated heterocycles. The first kappa shape index (κ1) is 14.5. The number of carbonyl (C=O) groups excluding carboxylic acids is 1. The molecule has 2 bridgehead atoms. The van der Waals surface area contributed by atoms with Gasteiger partial charge < -0.3 is 0 Å². The number of fused-ring (bicyclic) bond motifs is 2. The number of benzene rings is 1. The third-order valence-electron chi connectivity index (χ3n) is 5.13. The minimum absolute atomic E-state index is 0.269. The van der Waals surface area contributed by atoms with E-state index in [1.165, 1.54) is 24.8 Å². The predicted molar refractivity (Wildman–Crippen MR) is 86.0 cm³/mol. The molecule has 0 spiro atoms. The lowest BCUT2D eigenvalue weighted by Crippen LogP contribution is -2.52. The summed E-state index contributed by atoms with van der Waals surface area (Å²) in [5.74, 6) is 0.673. The highest BCUT2D eigenvalue weighted by Gasteiger charge is 2.39. The van der Waals surface area contributed by atoms with Gasteiger partial charge in [-0.1, -0.05) is 42.8 Å². The lowest BCUT2D eigenvalue weighted by Gasteiger charge is -2.48. The van der Waals surface area contributed by atoms with Crippen LogP contribution in [0.3, 0.4) is 0 Å². The van der Waals surface area contributed by atoms with Gasteiger partial charge >= 0.3 is 0 Å². The Labute approximate surface area is 127 Å². The molecule has 0 amide bonds. The van der Waals surface area contributed by atoms with Crippen molar-refractivity contribution in [2.75, 3.05) is 0 Å². The van der Waals surface area contributed by atoms with Crippen molar-refractivity contribution in [1.82, 2.24) is 4.90 Å². The molecule has 2 nitrogen and oxygen atoms in total. The molecular weight excluding hydrogens is 258 g/mol. The van der Waals surface area contributed by atoms with Gasteiger partial charge in [0.1, 0.15) is 5.78 Å². The van der Waals surface area contributed by atoms with Gasteiger partial charge in [-0.05, 0) is 31.2 Å². The third-order valence-corrected chi connectivity index (χ3v) is 5.13. The van der Waals surface area contributed by atoms with E-state index in [0.717, 1.165) is 19.4 Å². The molecule has 112 valence electrons. The number of rotatable bonds is 5. The van der Waals surface area contributed by atoms with Crippen molar-refractivity contribution in [2.45, 2.75) is 57.2 Å². The van der Waals surface area contributed by atoms with Crippen molar-refractivity contribution in [3.8, 4) is 0 Å². The van der Waals surface area contributed by atoms with E-state index < -0.39 is 0 Å². The van der Waals surface area contributed by atoms with Gasteiger partial charge in [-0.25, -0.2) is 0 Å². The second kappa shape index (κ2) is 6.57. The van der Waals surface area contributed by atoms with Crippen molar-refractivity contribution < 1.29 is 4.79 Å². The molecule has 2 fully saturated rings. The first-order chi connectivity index (χ1) is 10.3. The maximum Gasteiger partial charge on any atom is 0.139 e. The fourth-order valence-corrected chi connectivity index (χ4v) is 4.10. The zero-order chi connectivity index (χ0) is 14.7. The van der Waals surface area contributed by atoms with Crippen LogP contribution in [0.2, 0.25) is 0 Å². The normalized spacial score (nSPS) is 29.0. The minimum Gasteiger partial charge on any atom is -0.299 e. The van der Waals surface area contributed by atoms with E-state index in [9.17, 15) is 4.79 Å². The van der Waals surface area contributed by atoms with Crippen LogP contribution in [0.15, 0.2) is 43.0 Å². The molecule has 0 radical (unpaired) electrons. The summed E-state index contributed by atoms with van der Waals surface area (Å²) < 4.78 is 0. The molecule has 2 aliphatic heterocycles. The van der Waals surface area contributed by atoms with Gasteiger partial charge in [0.05, 0.1) is 0 Å². The molecule has 1 aromatic carbocycles. The number of Topliss-reactive ketones (excluding diaryl/α,β-unsaturated/α-hetero) is 1. The van der Waals surface area contributed by atoms with Crippen LogP contribution in [0.25, 0.3) is 0 Å². The first-order valence-corrected chi connectivity index (χ1v) is 8.21. The maximum absolute atomic E-state index is 12.2. The average Bonchev–Trinajstić information content (AvgIpc) is 2.48. The van der Waals surface area contributed by atoms with Crippen LogP contribution in [-0.2, 0) is 11.3 Å². The van der Waals surface area contributed by atoms with E-state index in [0.29, 0.717) is 24.3 Å². The van der Waals surface area contributed by atoms with Gasteiger partial charge in [0.25, 0.3) is 0 Å². The van der Waals surface area contributed by atoms with Crippen LogP contribution >= 0.6 is 0 Å². The van der Waals surface area contributed by atoms with E-state index in [1.54, 1.807) is 6.08 Å². The molecule has 0 N–H and O–H groups in total. The minimum atomic E-state index is 0.269. The Morgan fingerprint density at radius 1 is 1.19 bits per heavy atom. The Morgan fingerprint density at radius 2 is 1.86 bits per heavy atom. The topological polar surface area (TPSA) is 20.3 Å². The molecule has 3 rings (SSSR count). The summed E-state index contributed by atoms with van der Waals surface area (Å²) in [6, 6.07) is 11.9. The van der Waals surface area contributed by atoms with E-state index in [2.05, 4.69) is 41.8 Å². The van der Waals surface area contributed by atoms with Gasteiger partial charge in [-0.15, -0.1) is 6.58 Å². The highest BCUT2D eigenvalue weighted by molar-refractivity contribution is 5.82. The third kappa shape index (κ3) is 3.26. The lowest BCUT2D eigenvalue weighted by atomic mass is 9.76. The second-order valence-corrected chi connectivity index (χ2v) is 6.52. The molecule has 2 heteroatoms. The highest BCUT2D eigenvalue weighted by Crippen LogP contribution is 2.38. The lowest BCUT2D eigenvalue weighted by molar-refractivity contribution is -0.126. The largest absolute Gasteiger partial charge is 0.299 e. The van der Waals surface area contributed by atoms with Crippen LogP contribution in [-0.4, -0.2) is 22.8 Å². The highest BCUT2D eigenvalue weighted by atomic mass is 16.1. The average molecular weight is 283 g/mol. The number of piperidine rings is 2. The molecule has 0 aromatic heterocycles. The summed E-state index contributed by atoms with van der Waals surface area (Å²) in [7, 11) is 0. The maximum atomic E-state index is 12.2. The smallest absolute Gasteiger partial charge is 0.139 e. The van der Waals surface area contributed by atoms with Crippen LogP contribution in [0.1, 0.15) is 44.1 Å². The van der Waals surface area contributed by atoms with Crippen LogP contribution in [0, 0.1) is 5.92 Å². The molecule has 2 unspecified atom stereocenters. The Hall–Kier alpha value is -1.41. The summed E-state index contributed by atoms with van der Waals surface area (Å²) in [5, 5.41) is 0. The molecule has 21 heavy (non-hydrogen) atoms. The first-order valence-electron chi connectivity index (χ1n) is 8.21.